The Morgan fingerprint density at radius 2 is 0.798 bits per heavy atom. The summed E-state index contributed by atoms with van der Waals surface area (Å²) in [4.78, 5) is 116. The lowest BCUT2D eigenvalue weighted by Crippen LogP contribution is -2.31. The zero-order valence-corrected chi connectivity index (χ0v) is 52.5. The fraction of sp³-hybridized carbons (Fsp3) is 0.188. The van der Waals surface area contributed by atoms with Gasteiger partial charge in [-0.15, -0.1) is 0 Å². The smallest absolute Gasteiger partial charge is 0.345 e. The second-order valence-electron chi connectivity index (χ2n) is 20.4. The van der Waals surface area contributed by atoms with E-state index in [-0.39, 0.29) is 57.7 Å². The minimum atomic E-state index is -1.14. The quantitative estimate of drug-likeness (QED) is 0.0342. The zero-order chi connectivity index (χ0) is 67.1. The molecule has 25 nitrogen and oxygen atoms in total. The number of anilines is 6. The Kier molecular flexibility index (Phi) is 23.7. The predicted molar refractivity (Wildman–Crippen MR) is 353 cm³/mol. The minimum Gasteiger partial charge on any atom is -0.457 e. The molecule has 0 aliphatic heterocycles. The summed E-state index contributed by atoms with van der Waals surface area (Å²) in [7, 11) is 3.12. The van der Waals surface area contributed by atoms with E-state index in [1.807, 2.05) is 79.7 Å². The Morgan fingerprint density at radius 1 is 0.457 bits per heavy atom. The third kappa shape index (κ3) is 17.6. The van der Waals surface area contributed by atoms with E-state index >= 15 is 0 Å². The van der Waals surface area contributed by atoms with Crippen molar-refractivity contribution in [1.29, 1.82) is 0 Å². The molecule has 0 radical (unpaired) electrons. The van der Waals surface area contributed by atoms with E-state index in [0.29, 0.717) is 59.1 Å². The van der Waals surface area contributed by atoms with Gasteiger partial charge in [0.1, 0.15) is 57.4 Å². The van der Waals surface area contributed by atoms with Crippen LogP contribution in [0.5, 0.6) is 0 Å². The van der Waals surface area contributed by atoms with Gasteiger partial charge in [-0.1, -0.05) is 121 Å². The van der Waals surface area contributed by atoms with E-state index < -0.39 is 53.5 Å². The van der Waals surface area contributed by atoms with Crippen LogP contribution in [-0.4, -0.2) is 106 Å². The number of hydrogen-bond donors (Lipinski definition) is 3. The van der Waals surface area contributed by atoms with Crippen molar-refractivity contribution in [3.05, 3.63) is 248 Å². The van der Waals surface area contributed by atoms with Crippen molar-refractivity contribution < 1.29 is 42.9 Å². The van der Waals surface area contributed by atoms with E-state index in [1.54, 1.807) is 138 Å². The first-order chi connectivity index (χ1) is 45.5. The van der Waals surface area contributed by atoms with E-state index in [1.165, 1.54) is 45.2 Å². The van der Waals surface area contributed by atoms with Crippen molar-refractivity contribution in [3.63, 3.8) is 0 Å². The summed E-state index contributed by atoms with van der Waals surface area (Å²) in [6.07, 6.45) is 8.31. The maximum absolute atomic E-state index is 13.3. The van der Waals surface area contributed by atoms with E-state index in [0.717, 1.165) is 5.56 Å². The maximum Gasteiger partial charge on any atom is 0.345 e. The lowest BCUT2D eigenvalue weighted by atomic mass is 10.0. The van der Waals surface area contributed by atoms with Gasteiger partial charge >= 0.3 is 23.9 Å². The molecule has 480 valence electrons. The third-order valence-corrected chi connectivity index (χ3v) is 13.6. The molecule has 4 aromatic carbocycles. The van der Waals surface area contributed by atoms with Gasteiger partial charge in [-0.05, 0) is 62.7 Å². The molecule has 1 atom stereocenters. The van der Waals surface area contributed by atoms with Crippen LogP contribution in [0.25, 0.3) is 33.8 Å². The van der Waals surface area contributed by atoms with Crippen LogP contribution in [0.15, 0.2) is 209 Å². The number of hydrogen-bond acceptors (Lipinski definition) is 21. The Hall–Kier alpha value is -12.3. The molecule has 0 spiro atoms. The molecule has 0 aliphatic carbocycles. The first kappa shape index (κ1) is 67.6. The van der Waals surface area contributed by atoms with Crippen LogP contribution in [-0.2, 0) is 54.8 Å². The fourth-order valence-electron chi connectivity index (χ4n) is 9.03. The number of pyridine rings is 3. The molecule has 10 rings (SSSR count). The van der Waals surface area contributed by atoms with Gasteiger partial charge in [-0.3, -0.25) is 38.9 Å². The summed E-state index contributed by atoms with van der Waals surface area (Å²) in [5.41, 5.74) is 3.98. The molecule has 6 heterocycles. The second kappa shape index (κ2) is 33.0. The number of carbonyl (C=O) groups excluding carboxylic acids is 5. The highest BCUT2D eigenvalue weighted by molar-refractivity contribution is 6.04. The number of carbonyl (C=O) groups is 5. The van der Waals surface area contributed by atoms with Crippen LogP contribution in [0.3, 0.4) is 0 Å². The summed E-state index contributed by atoms with van der Waals surface area (Å²) in [5.74, 6) is -3.30. The van der Waals surface area contributed by atoms with Crippen LogP contribution < -0.4 is 32.6 Å². The first-order valence-electron chi connectivity index (χ1n) is 29.6. The highest BCUT2D eigenvalue weighted by Gasteiger charge is 2.30. The molecular formula is C69H67N13O12. The molecule has 10 aromatic rings. The number of aryl methyl sites for hydroxylation is 3. The minimum absolute atomic E-state index is 0.00556. The van der Waals surface area contributed by atoms with Gasteiger partial charge in [0.15, 0.2) is 6.61 Å². The number of likely N-dealkylation sites (N-methyl/N-ethyl adjacent to an activating group) is 1. The number of aromatic nitrogens is 9. The van der Waals surface area contributed by atoms with Gasteiger partial charge in [0.25, 0.3) is 22.6 Å². The number of ether oxygens (including phenoxy) is 4. The molecule has 6 aromatic heterocycles. The van der Waals surface area contributed by atoms with Crippen molar-refractivity contribution >= 4 is 63.9 Å². The number of benzene rings is 4. The van der Waals surface area contributed by atoms with Crippen LogP contribution in [0, 0.1) is 0 Å². The van der Waals surface area contributed by atoms with Gasteiger partial charge in [0.05, 0.1) is 35.7 Å². The van der Waals surface area contributed by atoms with Gasteiger partial charge in [0, 0.05) is 82.9 Å². The number of esters is 4. The molecule has 3 N–H and O–H groups in total. The largest absolute Gasteiger partial charge is 0.457 e. The highest BCUT2D eigenvalue weighted by atomic mass is 16.7. The molecule has 0 bridgehead atoms. The molecule has 25 heteroatoms. The second-order valence-corrected chi connectivity index (χ2v) is 20.4. The predicted octanol–water partition coefficient (Wildman–Crippen LogP) is 9.87. The lowest BCUT2D eigenvalue weighted by Gasteiger charge is -2.18. The number of nitrogens with zero attached hydrogens (tertiary/aromatic N) is 10. The third-order valence-electron chi connectivity index (χ3n) is 13.6. The Morgan fingerprint density at radius 3 is 1.12 bits per heavy atom. The van der Waals surface area contributed by atoms with Gasteiger partial charge < -0.3 is 39.8 Å². The van der Waals surface area contributed by atoms with Gasteiger partial charge in [0.2, 0.25) is 6.29 Å². The number of rotatable bonds is 21. The summed E-state index contributed by atoms with van der Waals surface area (Å²) in [5, 5.41) is 22.3. The summed E-state index contributed by atoms with van der Waals surface area (Å²) in [6, 6.07) is 46.9. The van der Waals surface area contributed by atoms with Gasteiger partial charge in [-0.2, -0.15) is 15.3 Å². The van der Waals surface area contributed by atoms with E-state index in [4.69, 9.17) is 18.9 Å². The van der Waals surface area contributed by atoms with Crippen molar-refractivity contribution in [2.75, 3.05) is 36.7 Å². The van der Waals surface area contributed by atoms with Crippen LogP contribution >= 0.6 is 0 Å². The Labute approximate surface area is 539 Å². The van der Waals surface area contributed by atoms with Crippen LogP contribution in [0.2, 0.25) is 0 Å². The standard InChI is InChI=1S/C25H22N4O3.C22H23N5O4.C22H22N4O5/c1-2-29-24(30)23(27-20-14-9-15-26-16-20)21(22(28-29)19-12-7-4-8-13-19)25(31)32-17-18-10-5-3-6-11-18;1-4-27-21(29)20(24-16-11-8-12-23-13-16)18(22(30)31-14-17(28)26(2)3)19(25-27)15-9-6-5-7-10-15;1-4-26-21(28)20(24-17-11-8-12-23-13-17)18(22(29)31-15(3)30-14(2)27)19(25-26)16-9-6-5-7-10-16/h3-16,27H,2,17H2,1H3;5-13,24H,4,14H2,1-3H3;5-13,15,24H,4H2,1-3H3. The molecular weight excluding hydrogens is 1200 g/mol. The average Bonchev–Trinajstić information content (AvgIpc) is 0.816. The fourth-order valence-corrected chi connectivity index (χ4v) is 9.03. The van der Waals surface area contributed by atoms with Gasteiger partial charge in [-0.25, -0.2) is 28.4 Å². The normalized spacial score (nSPS) is 10.8. The monoisotopic (exact) mass is 1270 g/mol. The molecule has 0 saturated heterocycles. The highest BCUT2D eigenvalue weighted by Crippen LogP contribution is 2.32. The number of amides is 1. The first-order valence-corrected chi connectivity index (χ1v) is 29.6. The van der Waals surface area contributed by atoms with Crippen molar-refractivity contribution in [1.82, 2.24) is 49.2 Å². The maximum atomic E-state index is 13.3. The zero-order valence-electron chi connectivity index (χ0n) is 52.5. The van der Waals surface area contributed by atoms with Crippen molar-refractivity contribution in [2.24, 2.45) is 0 Å². The van der Waals surface area contributed by atoms with Crippen LogP contribution in [0.4, 0.5) is 34.1 Å². The molecule has 1 unspecified atom stereocenters. The van der Waals surface area contributed by atoms with Crippen molar-refractivity contribution in [3.8, 4) is 33.8 Å². The molecule has 0 aliphatic rings. The topological polar surface area (TPSA) is 305 Å². The molecule has 0 saturated carbocycles. The SMILES string of the molecule is CCn1nc(-c2ccccc2)c(C(=O)OC(C)OC(C)=O)c(Nc2cccnc2)c1=O.CCn1nc(-c2ccccc2)c(C(=O)OCC(=O)N(C)C)c(Nc2cccnc2)c1=O.CCn1nc(-c2ccccc2)c(C(=O)OCc2ccccc2)c(Nc2cccnc2)c1=O. The molecule has 0 fully saturated rings. The summed E-state index contributed by atoms with van der Waals surface area (Å²) >= 11 is 0. The Bertz CT molecular complexity index is 4410. The van der Waals surface area contributed by atoms with E-state index in [9.17, 15) is 38.4 Å². The molecule has 1 amide bonds. The lowest BCUT2D eigenvalue weighted by molar-refractivity contribution is -0.162. The van der Waals surface area contributed by atoms with Crippen molar-refractivity contribution in [2.45, 2.75) is 67.1 Å². The van der Waals surface area contributed by atoms with Crippen LogP contribution in [0.1, 0.15) is 71.3 Å². The molecule has 94 heavy (non-hydrogen) atoms. The summed E-state index contributed by atoms with van der Waals surface area (Å²) < 4.78 is 24.9. The van der Waals surface area contributed by atoms with E-state index in [2.05, 4.69) is 46.2 Å². The average molecular weight is 1270 g/mol. The summed E-state index contributed by atoms with van der Waals surface area (Å²) in [6.45, 7) is 8.57. The number of nitrogens with one attached hydrogen (secondary N) is 3. The Balaban J connectivity index is 0.000000181.